The van der Waals surface area contributed by atoms with Gasteiger partial charge < -0.3 is 9.26 Å². The summed E-state index contributed by atoms with van der Waals surface area (Å²) in [6.07, 6.45) is 3.41. The molecule has 2 aromatic rings. The maximum Gasteiger partial charge on any atom is 0.310 e. The van der Waals surface area contributed by atoms with Gasteiger partial charge in [-0.3, -0.25) is 9.69 Å². The summed E-state index contributed by atoms with van der Waals surface area (Å²) in [6.45, 7) is 4.27. The molecular weight excluding hydrogens is 332 g/mol. The highest BCUT2D eigenvalue weighted by molar-refractivity contribution is 6.31. The number of piperidine rings is 1. The lowest BCUT2D eigenvalue weighted by molar-refractivity contribution is -0.150. The summed E-state index contributed by atoms with van der Waals surface area (Å²) in [4.78, 5) is 22.4. The fraction of sp³-hybridized carbons (Fsp3) is 0.500. The highest BCUT2D eigenvalue weighted by atomic mass is 35.5. The van der Waals surface area contributed by atoms with Gasteiger partial charge in [-0.25, -0.2) is 4.98 Å². The van der Waals surface area contributed by atoms with Crippen LogP contribution in [-0.4, -0.2) is 45.7 Å². The van der Waals surface area contributed by atoms with Crippen LogP contribution in [0.2, 0.25) is 5.15 Å². The van der Waals surface area contributed by atoms with Gasteiger partial charge in [-0.1, -0.05) is 16.8 Å². The topological polar surface area (TPSA) is 81.4 Å². The molecule has 2 aromatic heterocycles. The average Bonchev–Trinajstić information content (AvgIpc) is 3.04. The number of carbonyl (C=O) groups excluding carboxylic acids is 1. The van der Waals surface area contributed by atoms with Crippen LogP contribution in [-0.2, 0) is 16.1 Å². The van der Waals surface area contributed by atoms with Gasteiger partial charge in [0.15, 0.2) is 0 Å². The van der Waals surface area contributed by atoms with Gasteiger partial charge in [0.1, 0.15) is 5.15 Å². The Hall–Kier alpha value is -1.99. The Kier molecular flexibility index (Phi) is 5.42. The van der Waals surface area contributed by atoms with E-state index in [1.165, 1.54) is 0 Å². The number of hydrogen-bond acceptors (Lipinski definition) is 7. The smallest absolute Gasteiger partial charge is 0.310 e. The Labute approximate surface area is 145 Å². The van der Waals surface area contributed by atoms with Crippen LogP contribution in [0.1, 0.15) is 25.7 Å². The summed E-state index contributed by atoms with van der Waals surface area (Å²) in [5.41, 5.74) is 0.636. The molecule has 0 aromatic carbocycles. The van der Waals surface area contributed by atoms with E-state index in [4.69, 9.17) is 20.9 Å². The molecule has 0 aliphatic carbocycles. The lowest BCUT2D eigenvalue weighted by atomic mass is 9.98. The third kappa shape index (κ3) is 3.91. The van der Waals surface area contributed by atoms with Crippen molar-refractivity contribution in [2.24, 2.45) is 5.92 Å². The van der Waals surface area contributed by atoms with E-state index in [9.17, 15) is 4.79 Å². The molecule has 8 heteroatoms. The number of nitrogens with zero attached hydrogens (tertiary/aromatic N) is 4. The zero-order valence-electron chi connectivity index (χ0n) is 13.4. The fourth-order valence-corrected chi connectivity index (χ4v) is 3.03. The van der Waals surface area contributed by atoms with Gasteiger partial charge in [0.2, 0.25) is 11.7 Å². The van der Waals surface area contributed by atoms with E-state index in [1.54, 1.807) is 18.3 Å². The number of hydrogen-bond donors (Lipinski definition) is 0. The fourth-order valence-electron chi connectivity index (χ4n) is 2.82. The van der Waals surface area contributed by atoms with Crippen molar-refractivity contribution in [2.45, 2.75) is 26.3 Å². The number of esters is 1. The number of carbonyl (C=O) groups is 1. The van der Waals surface area contributed by atoms with Gasteiger partial charge in [0.25, 0.3) is 0 Å². The summed E-state index contributed by atoms with van der Waals surface area (Å²) in [6, 6.07) is 3.56. The van der Waals surface area contributed by atoms with Gasteiger partial charge in [-0.2, -0.15) is 4.98 Å². The number of likely N-dealkylation sites (tertiary alicyclic amines) is 1. The molecule has 0 bridgehead atoms. The Morgan fingerprint density at radius 2 is 2.42 bits per heavy atom. The van der Waals surface area contributed by atoms with Crippen molar-refractivity contribution in [2.75, 3.05) is 19.7 Å². The quantitative estimate of drug-likeness (QED) is 0.605. The summed E-state index contributed by atoms with van der Waals surface area (Å²) in [5.74, 6) is 0.695. The van der Waals surface area contributed by atoms with Crippen molar-refractivity contribution in [3.63, 3.8) is 0 Å². The minimum atomic E-state index is -0.129. The molecule has 128 valence electrons. The van der Waals surface area contributed by atoms with Crippen LogP contribution in [0.5, 0.6) is 0 Å². The normalized spacial score (nSPS) is 18.5. The molecule has 1 aliphatic rings. The van der Waals surface area contributed by atoms with E-state index < -0.39 is 0 Å². The molecule has 0 amide bonds. The third-order valence-corrected chi connectivity index (χ3v) is 4.25. The summed E-state index contributed by atoms with van der Waals surface area (Å²) < 4.78 is 10.4. The van der Waals surface area contributed by atoms with E-state index in [2.05, 4.69) is 20.0 Å². The molecule has 1 atom stereocenters. The molecule has 24 heavy (non-hydrogen) atoms. The van der Waals surface area contributed by atoms with Gasteiger partial charge in [0.05, 0.1) is 24.6 Å². The minimum absolute atomic E-state index is 0.0890. The minimum Gasteiger partial charge on any atom is -0.466 e. The van der Waals surface area contributed by atoms with E-state index in [1.807, 2.05) is 6.92 Å². The molecule has 1 unspecified atom stereocenters. The summed E-state index contributed by atoms with van der Waals surface area (Å²) in [7, 11) is 0. The van der Waals surface area contributed by atoms with E-state index in [0.29, 0.717) is 42.1 Å². The van der Waals surface area contributed by atoms with Gasteiger partial charge in [-0.15, -0.1) is 0 Å². The lowest BCUT2D eigenvalue weighted by Gasteiger charge is -2.30. The van der Waals surface area contributed by atoms with Crippen molar-refractivity contribution >= 4 is 17.6 Å². The second kappa shape index (κ2) is 7.72. The van der Waals surface area contributed by atoms with Crippen LogP contribution in [0, 0.1) is 5.92 Å². The van der Waals surface area contributed by atoms with Crippen molar-refractivity contribution < 1.29 is 14.1 Å². The van der Waals surface area contributed by atoms with Crippen LogP contribution < -0.4 is 0 Å². The number of ether oxygens (including phenoxy) is 1. The molecule has 0 spiro atoms. The molecule has 7 nitrogen and oxygen atoms in total. The third-order valence-electron chi connectivity index (χ3n) is 3.95. The van der Waals surface area contributed by atoms with Crippen molar-refractivity contribution in [3.05, 3.63) is 29.4 Å². The van der Waals surface area contributed by atoms with Crippen LogP contribution in [0.3, 0.4) is 0 Å². The van der Waals surface area contributed by atoms with E-state index >= 15 is 0 Å². The number of halogens is 1. The summed E-state index contributed by atoms with van der Waals surface area (Å²) in [5, 5.41) is 4.31. The Balaban J connectivity index is 1.64. The molecule has 3 rings (SSSR count). The second-order valence-corrected chi connectivity index (χ2v) is 6.04. The highest BCUT2D eigenvalue weighted by Gasteiger charge is 2.27. The van der Waals surface area contributed by atoms with E-state index in [0.717, 1.165) is 19.4 Å². The van der Waals surface area contributed by atoms with Gasteiger partial charge in [0, 0.05) is 12.7 Å². The first kappa shape index (κ1) is 16.9. The first-order valence-corrected chi connectivity index (χ1v) is 8.37. The standard InChI is InChI=1S/C16H19ClN4O3/c1-2-23-16(22)11-5-4-8-21(9-11)10-13-19-15(20-24-13)12-6-3-7-18-14(12)17/h3,6-7,11H,2,4-5,8-10H2,1H3. The second-order valence-electron chi connectivity index (χ2n) is 5.68. The maximum absolute atomic E-state index is 11.9. The summed E-state index contributed by atoms with van der Waals surface area (Å²) >= 11 is 6.05. The van der Waals surface area contributed by atoms with Crippen LogP contribution in [0.4, 0.5) is 0 Å². The van der Waals surface area contributed by atoms with Crippen molar-refractivity contribution in [1.82, 2.24) is 20.0 Å². The Bertz CT molecular complexity index is 706. The first-order chi connectivity index (χ1) is 11.7. The zero-order chi connectivity index (χ0) is 16.9. The number of pyridine rings is 1. The molecule has 1 saturated heterocycles. The Morgan fingerprint density at radius 3 is 3.21 bits per heavy atom. The largest absolute Gasteiger partial charge is 0.466 e. The molecular formula is C16H19ClN4O3. The van der Waals surface area contributed by atoms with Crippen LogP contribution in [0.15, 0.2) is 22.9 Å². The molecule has 1 fully saturated rings. The number of aromatic nitrogens is 3. The molecule has 3 heterocycles. The molecule has 0 saturated carbocycles. The van der Waals surface area contributed by atoms with Crippen LogP contribution >= 0.6 is 11.6 Å². The lowest BCUT2D eigenvalue weighted by Crippen LogP contribution is -2.39. The molecule has 0 N–H and O–H groups in total. The Morgan fingerprint density at radius 1 is 1.54 bits per heavy atom. The van der Waals surface area contributed by atoms with Gasteiger partial charge >= 0.3 is 5.97 Å². The predicted octanol–water partition coefficient (Wildman–Crippen LogP) is 2.56. The van der Waals surface area contributed by atoms with Crippen molar-refractivity contribution in [1.29, 1.82) is 0 Å². The van der Waals surface area contributed by atoms with Gasteiger partial charge in [-0.05, 0) is 38.4 Å². The monoisotopic (exact) mass is 350 g/mol. The maximum atomic E-state index is 11.9. The zero-order valence-corrected chi connectivity index (χ0v) is 14.2. The molecule has 0 radical (unpaired) electrons. The van der Waals surface area contributed by atoms with E-state index in [-0.39, 0.29) is 11.9 Å². The first-order valence-electron chi connectivity index (χ1n) is 8.00. The molecule has 1 aliphatic heterocycles. The SMILES string of the molecule is CCOC(=O)C1CCCN(Cc2nc(-c3cccnc3Cl)no2)C1. The predicted molar refractivity (Wildman–Crippen MR) is 87.2 cm³/mol. The average molecular weight is 351 g/mol. The van der Waals surface area contributed by atoms with Crippen LogP contribution in [0.25, 0.3) is 11.4 Å². The number of rotatable bonds is 5. The van der Waals surface area contributed by atoms with Crippen molar-refractivity contribution in [3.8, 4) is 11.4 Å². The highest BCUT2D eigenvalue weighted by Crippen LogP contribution is 2.24.